The monoisotopic (exact) mass is 404 g/mol. The normalized spacial score (nSPS) is 22.0. The molecule has 3 aromatic rings. The number of nitrogens with one attached hydrogen (secondary N) is 3. The number of fused-ring (bicyclic) bond motifs is 4. The van der Waals surface area contributed by atoms with E-state index in [9.17, 15) is 4.79 Å². The van der Waals surface area contributed by atoms with Crippen molar-refractivity contribution >= 4 is 28.2 Å². The quantitative estimate of drug-likeness (QED) is 0.536. The summed E-state index contributed by atoms with van der Waals surface area (Å²) in [4.78, 5) is 20.0. The number of aromatic nitrogens is 2. The Kier molecular flexibility index (Phi) is 3.68. The Morgan fingerprint density at radius 1 is 1.17 bits per heavy atom. The molecule has 2 aliphatic carbocycles. The van der Waals surface area contributed by atoms with Crippen molar-refractivity contribution in [3.8, 4) is 0 Å². The minimum Gasteiger partial charge on any atom is -0.369 e. The van der Waals surface area contributed by atoms with Crippen molar-refractivity contribution in [2.45, 2.75) is 44.8 Å². The molecule has 3 heterocycles. The topological polar surface area (TPSA) is 69.8 Å². The highest BCUT2D eigenvalue weighted by molar-refractivity contribution is 6.31. The van der Waals surface area contributed by atoms with Gasteiger partial charge < -0.3 is 10.3 Å². The van der Waals surface area contributed by atoms with E-state index in [4.69, 9.17) is 16.6 Å². The Balaban J connectivity index is 1.60. The molecule has 146 valence electrons. The average molecular weight is 405 g/mol. The van der Waals surface area contributed by atoms with Crippen LogP contribution in [0.4, 0.5) is 5.69 Å². The molecule has 1 aromatic carbocycles. The first-order valence-corrected chi connectivity index (χ1v) is 10.5. The van der Waals surface area contributed by atoms with Crippen LogP contribution in [0.3, 0.4) is 0 Å². The molecular weight excluding hydrogens is 384 g/mol. The minimum atomic E-state index is -0.0407. The molecule has 0 saturated heterocycles. The fraction of sp³-hybridized carbons (Fsp3) is 0.304. The van der Waals surface area contributed by atoms with Crippen LogP contribution < -0.4 is 16.2 Å². The van der Waals surface area contributed by atoms with Gasteiger partial charge >= 0.3 is 0 Å². The van der Waals surface area contributed by atoms with Crippen LogP contribution in [0.5, 0.6) is 0 Å². The standard InChI is InChI=1S/C23H21ClN4O/c1-2-20-27-22-14-5-6-21(29)26-17(14)7-11-8-18-16(10-15(11)22)23(28-20)13-4-3-12(24)9-19(13)25-18/h3-6,9,20,22,27-28H,2,7-8,10H2,1H3,(H,26,29). The van der Waals surface area contributed by atoms with Crippen LogP contribution in [0.2, 0.25) is 5.02 Å². The predicted molar refractivity (Wildman–Crippen MR) is 116 cm³/mol. The molecule has 2 unspecified atom stereocenters. The zero-order valence-corrected chi connectivity index (χ0v) is 16.9. The summed E-state index contributed by atoms with van der Waals surface area (Å²) < 4.78 is 0. The summed E-state index contributed by atoms with van der Waals surface area (Å²) in [6.07, 6.45) is 3.52. The third-order valence-corrected chi connectivity index (χ3v) is 6.75. The van der Waals surface area contributed by atoms with Gasteiger partial charge in [0, 0.05) is 40.6 Å². The zero-order chi connectivity index (χ0) is 19.7. The first-order chi connectivity index (χ1) is 14.1. The number of hydrogen-bond donors (Lipinski definition) is 3. The molecule has 3 N–H and O–H groups in total. The number of hydrogen-bond acceptors (Lipinski definition) is 4. The maximum Gasteiger partial charge on any atom is 0.248 e. The molecule has 6 rings (SSSR count). The summed E-state index contributed by atoms with van der Waals surface area (Å²) in [5.74, 6) is 0. The van der Waals surface area contributed by atoms with Crippen LogP contribution in [0.1, 0.15) is 41.9 Å². The van der Waals surface area contributed by atoms with Crippen LogP contribution in [-0.4, -0.2) is 16.1 Å². The van der Waals surface area contributed by atoms with Gasteiger partial charge in [-0.3, -0.25) is 15.1 Å². The van der Waals surface area contributed by atoms with Gasteiger partial charge in [0.1, 0.15) is 0 Å². The second-order valence-electron chi connectivity index (χ2n) is 8.19. The van der Waals surface area contributed by atoms with E-state index >= 15 is 0 Å². The lowest BCUT2D eigenvalue weighted by molar-refractivity contribution is 0.465. The lowest BCUT2D eigenvalue weighted by atomic mass is 9.75. The maximum absolute atomic E-state index is 11.9. The summed E-state index contributed by atoms with van der Waals surface area (Å²) in [7, 11) is 0. The van der Waals surface area contributed by atoms with Gasteiger partial charge in [-0.05, 0) is 48.2 Å². The van der Waals surface area contributed by atoms with Crippen LogP contribution >= 0.6 is 11.6 Å². The van der Waals surface area contributed by atoms with Gasteiger partial charge in [-0.25, -0.2) is 0 Å². The van der Waals surface area contributed by atoms with E-state index in [1.807, 2.05) is 18.2 Å². The summed E-state index contributed by atoms with van der Waals surface area (Å²) in [6, 6.07) is 9.70. The van der Waals surface area contributed by atoms with E-state index in [0.717, 1.165) is 48.0 Å². The Morgan fingerprint density at radius 3 is 2.93 bits per heavy atom. The van der Waals surface area contributed by atoms with E-state index < -0.39 is 0 Å². The largest absolute Gasteiger partial charge is 0.369 e. The second-order valence-corrected chi connectivity index (χ2v) is 8.63. The van der Waals surface area contributed by atoms with Gasteiger partial charge in [-0.2, -0.15) is 0 Å². The van der Waals surface area contributed by atoms with Gasteiger partial charge in [0.25, 0.3) is 0 Å². The summed E-state index contributed by atoms with van der Waals surface area (Å²) in [5.41, 5.74) is 9.52. The fourth-order valence-corrected chi connectivity index (χ4v) is 5.28. The highest BCUT2D eigenvalue weighted by Gasteiger charge is 2.36. The van der Waals surface area contributed by atoms with Crippen molar-refractivity contribution in [1.29, 1.82) is 0 Å². The van der Waals surface area contributed by atoms with Gasteiger partial charge in [-0.15, -0.1) is 0 Å². The fourth-order valence-electron chi connectivity index (χ4n) is 5.12. The average Bonchev–Trinajstić information content (AvgIpc) is 2.69. The van der Waals surface area contributed by atoms with Crippen LogP contribution in [0.25, 0.3) is 10.9 Å². The van der Waals surface area contributed by atoms with E-state index in [2.05, 4.69) is 28.6 Å². The van der Waals surface area contributed by atoms with Gasteiger partial charge in [0.2, 0.25) is 5.56 Å². The van der Waals surface area contributed by atoms with E-state index in [1.54, 1.807) is 6.07 Å². The number of H-pyrrole nitrogens is 1. The second kappa shape index (κ2) is 6.18. The molecule has 0 amide bonds. The molecule has 3 aliphatic rings. The number of halogens is 1. The number of anilines is 1. The molecule has 2 atom stereocenters. The first-order valence-electron chi connectivity index (χ1n) is 10.2. The van der Waals surface area contributed by atoms with Crippen LogP contribution in [0.15, 0.2) is 46.3 Å². The highest BCUT2D eigenvalue weighted by atomic mass is 35.5. The predicted octanol–water partition coefficient (Wildman–Crippen LogP) is 4.02. The Hall–Kier alpha value is -2.63. The zero-order valence-electron chi connectivity index (χ0n) is 16.1. The lowest BCUT2D eigenvalue weighted by Crippen LogP contribution is -2.44. The Labute approximate surface area is 173 Å². The van der Waals surface area contributed by atoms with E-state index in [0.29, 0.717) is 5.02 Å². The number of nitrogens with zero attached hydrogens (tertiary/aromatic N) is 1. The number of pyridine rings is 2. The van der Waals surface area contributed by atoms with E-state index in [-0.39, 0.29) is 17.8 Å². The van der Waals surface area contributed by atoms with Crippen molar-refractivity contribution < 1.29 is 0 Å². The Morgan fingerprint density at radius 2 is 2.07 bits per heavy atom. The molecule has 2 aromatic heterocycles. The molecule has 6 heteroatoms. The SMILES string of the molecule is CCC1Nc2c3c(nc4cc(Cl)ccc24)CC2=C(C3)C(N1)c1ccc(=O)[nH]c1C2. The molecule has 1 aliphatic heterocycles. The smallest absolute Gasteiger partial charge is 0.248 e. The molecule has 0 fully saturated rings. The summed E-state index contributed by atoms with van der Waals surface area (Å²) in [5, 5.41) is 9.41. The third-order valence-electron chi connectivity index (χ3n) is 6.52. The van der Waals surface area contributed by atoms with Crippen molar-refractivity contribution in [2.75, 3.05) is 5.32 Å². The number of allylic oxidation sites excluding steroid dienone is 1. The van der Waals surface area contributed by atoms with Crippen molar-refractivity contribution in [2.24, 2.45) is 0 Å². The number of aromatic amines is 1. The lowest BCUT2D eigenvalue weighted by Gasteiger charge is -2.40. The van der Waals surface area contributed by atoms with Gasteiger partial charge in [0.15, 0.2) is 0 Å². The van der Waals surface area contributed by atoms with Crippen molar-refractivity contribution in [3.05, 3.63) is 79.4 Å². The molecular formula is C23H21ClN4O. The molecule has 0 spiro atoms. The van der Waals surface area contributed by atoms with Crippen molar-refractivity contribution in [3.63, 3.8) is 0 Å². The van der Waals surface area contributed by atoms with Gasteiger partial charge in [0.05, 0.1) is 29.1 Å². The summed E-state index contributed by atoms with van der Waals surface area (Å²) >= 11 is 6.26. The van der Waals surface area contributed by atoms with Crippen molar-refractivity contribution in [1.82, 2.24) is 15.3 Å². The molecule has 2 bridgehead atoms. The molecule has 29 heavy (non-hydrogen) atoms. The Bertz CT molecular complexity index is 1280. The molecule has 0 radical (unpaired) electrons. The van der Waals surface area contributed by atoms with Crippen LogP contribution in [-0.2, 0) is 19.3 Å². The molecule has 5 nitrogen and oxygen atoms in total. The van der Waals surface area contributed by atoms with Crippen LogP contribution in [0, 0.1) is 0 Å². The minimum absolute atomic E-state index is 0.0407. The highest BCUT2D eigenvalue weighted by Crippen LogP contribution is 2.45. The third kappa shape index (κ3) is 2.57. The van der Waals surface area contributed by atoms with Gasteiger partial charge in [-0.1, -0.05) is 24.1 Å². The molecule has 0 saturated carbocycles. The first kappa shape index (κ1) is 17.2. The maximum atomic E-state index is 11.9. The van der Waals surface area contributed by atoms with E-state index in [1.165, 1.54) is 28.0 Å². The number of benzene rings is 1. The number of rotatable bonds is 1. The summed E-state index contributed by atoms with van der Waals surface area (Å²) in [6.45, 7) is 2.18.